The molecule has 7 heteroatoms. The summed E-state index contributed by atoms with van der Waals surface area (Å²) >= 11 is 0. The summed E-state index contributed by atoms with van der Waals surface area (Å²) < 4.78 is 15.1. The molecule has 3 aromatic rings. The molecule has 3 fully saturated rings. The quantitative estimate of drug-likeness (QED) is 0.737. The van der Waals surface area contributed by atoms with E-state index in [0.29, 0.717) is 17.4 Å². The van der Waals surface area contributed by atoms with Crippen LogP contribution in [0.2, 0.25) is 0 Å². The standard InChI is InChI=1S/C22H22FN5O/c1-13-3-4-16(9-17(13)20-24-11-15(23)12-25-20)27-21(29)19-14-5-7-22(19,10-14)18-6-8-26-28(18)2/h3-4,6,8-9,11-12,14,19H,5,7,10H2,1-2H3,(H,27,29)/t14-,19-,22+/m0/s1. The maximum absolute atomic E-state index is 13.2. The number of fused-ring (bicyclic) bond motifs is 1. The first-order valence-corrected chi connectivity index (χ1v) is 9.86. The molecule has 0 unspecified atom stereocenters. The van der Waals surface area contributed by atoms with Crippen molar-refractivity contribution in [2.45, 2.75) is 31.6 Å². The van der Waals surface area contributed by atoms with Crippen molar-refractivity contribution in [3.8, 4) is 11.4 Å². The zero-order chi connectivity index (χ0) is 20.2. The second-order valence-corrected chi connectivity index (χ2v) is 8.22. The number of carbonyl (C=O) groups excluding carboxylic acids is 1. The Balaban J connectivity index is 1.41. The first kappa shape index (κ1) is 18.0. The Bertz CT molecular complexity index is 1090. The predicted molar refractivity (Wildman–Crippen MR) is 107 cm³/mol. The lowest BCUT2D eigenvalue weighted by molar-refractivity contribution is -0.127. The fourth-order valence-electron chi connectivity index (χ4n) is 5.30. The number of hydrogen-bond donors (Lipinski definition) is 1. The molecule has 3 aliphatic carbocycles. The number of nitrogens with zero attached hydrogens (tertiary/aromatic N) is 4. The van der Waals surface area contributed by atoms with Gasteiger partial charge in [-0.15, -0.1) is 0 Å². The van der Waals surface area contributed by atoms with Gasteiger partial charge in [0.1, 0.15) is 0 Å². The number of aryl methyl sites for hydroxylation is 2. The number of benzene rings is 1. The normalized spacial score (nSPS) is 24.9. The summed E-state index contributed by atoms with van der Waals surface area (Å²) in [5, 5.41) is 7.42. The van der Waals surface area contributed by atoms with E-state index in [0.717, 1.165) is 48.5 Å². The van der Waals surface area contributed by atoms with Gasteiger partial charge in [-0.3, -0.25) is 9.48 Å². The number of aromatic nitrogens is 4. The lowest BCUT2D eigenvalue weighted by atomic mass is 9.58. The van der Waals surface area contributed by atoms with Crippen LogP contribution in [0.5, 0.6) is 0 Å². The average Bonchev–Trinajstić information content (AvgIpc) is 3.39. The van der Waals surface area contributed by atoms with E-state index >= 15 is 0 Å². The third kappa shape index (κ3) is 2.75. The Kier molecular flexibility index (Phi) is 4.01. The lowest BCUT2D eigenvalue weighted by Gasteiger charge is -2.46. The van der Waals surface area contributed by atoms with Crippen LogP contribution in [0.25, 0.3) is 11.4 Å². The topological polar surface area (TPSA) is 72.7 Å². The minimum atomic E-state index is -0.475. The highest BCUT2D eigenvalue weighted by atomic mass is 19.1. The number of hydrogen-bond acceptors (Lipinski definition) is 4. The van der Waals surface area contributed by atoms with Crippen molar-refractivity contribution in [1.82, 2.24) is 19.7 Å². The maximum atomic E-state index is 13.2. The number of carbonyl (C=O) groups is 1. The highest BCUT2D eigenvalue weighted by molar-refractivity contribution is 5.95. The van der Waals surface area contributed by atoms with E-state index in [-0.39, 0.29) is 17.2 Å². The van der Waals surface area contributed by atoms with Crippen molar-refractivity contribution in [3.05, 3.63) is 59.9 Å². The van der Waals surface area contributed by atoms with Crippen LogP contribution < -0.4 is 5.32 Å². The zero-order valence-corrected chi connectivity index (χ0v) is 16.4. The lowest BCUT2D eigenvalue weighted by Crippen LogP contribution is -2.51. The van der Waals surface area contributed by atoms with Gasteiger partial charge in [0.15, 0.2) is 11.6 Å². The van der Waals surface area contributed by atoms with Crippen molar-refractivity contribution in [2.75, 3.05) is 5.32 Å². The summed E-state index contributed by atoms with van der Waals surface area (Å²) in [5.74, 6) is 0.404. The molecule has 3 aliphatic rings. The zero-order valence-electron chi connectivity index (χ0n) is 16.4. The van der Waals surface area contributed by atoms with E-state index in [1.54, 1.807) is 6.20 Å². The van der Waals surface area contributed by atoms with Gasteiger partial charge in [-0.25, -0.2) is 14.4 Å². The van der Waals surface area contributed by atoms with Crippen LogP contribution in [0, 0.1) is 24.6 Å². The molecule has 6 rings (SSSR count). The highest BCUT2D eigenvalue weighted by Crippen LogP contribution is 2.64. The summed E-state index contributed by atoms with van der Waals surface area (Å²) in [7, 11) is 1.94. The molecule has 2 bridgehead atoms. The van der Waals surface area contributed by atoms with Crippen LogP contribution in [0.3, 0.4) is 0 Å². The third-order valence-electron chi connectivity index (χ3n) is 6.63. The molecule has 1 N–H and O–H groups in total. The monoisotopic (exact) mass is 391 g/mol. The first-order chi connectivity index (χ1) is 14.0. The molecule has 1 aromatic carbocycles. The molecule has 3 saturated carbocycles. The summed E-state index contributed by atoms with van der Waals surface area (Å²) in [4.78, 5) is 21.4. The summed E-state index contributed by atoms with van der Waals surface area (Å²) in [6, 6.07) is 7.71. The van der Waals surface area contributed by atoms with E-state index in [4.69, 9.17) is 0 Å². The molecule has 0 spiro atoms. The van der Waals surface area contributed by atoms with E-state index in [1.165, 1.54) is 0 Å². The molecule has 148 valence electrons. The predicted octanol–water partition coefficient (Wildman–Crippen LogP) is 3.63. The maximum Gasteiger partial charge on any atom is 0.228 e. The van der Waals surface area contributed by atoms with Gasteiger partial charge in [0.2, 0.25) is 5.91 Å². The van der Waals surface area contributed by atoms with E-state index in [2.05, 4.69) is 20.4 Å². The van der Waals surface area contributed by atoms with Crippen molar-refractivity contribution in [1.29, 1.82) is 0 Å². The first-order valence-electron chi connectivity index (χ1n) is 9.86. The molecule has 3 atom stereocenters. The van der Waals surface area contributed by atoms with Crippen LogP contribution >= 0.6 is 0 Å². The molecule has 29 heavy (non-hydrogen) atoms. The van der Waals surface area contributed by atoms with Crippen molar-refractivity contribution >= 4 is 11.6 Å². The Labute approximate surface area is 168 Å². The molecular weight excluding hydrogens is 369 g/mol. The SMILES string of the molecule is Cc1ccc(NC(=O)[C@@H]2[C@H]3CC[C@]2(c2ccnn2C)C3)cc1-c1ncc(F)cn1. The molecular formula is C22H22FN5O. The molecule has 6 nitrogen and oxygen atoms in total. The Morgan fingerprint density at radius 3 is 2.76 bits per heavy atom. The second kappa shape index (κ2) is 6.47. The van der Waals surface area contributed by atoms with Crippen LogP contribution in [-0.2, 0) is 17.3 Å². The van der Waals surface area contributed by atoms with Gasteiger partial charge < -0.3 is 5.32 Å². The minimum absolute atomic E-state index is 0.0373. The average molecular weight is 391 g/mol. The summed E-state index contributed by atoms with van der Waals surface area (Å²) in [5.41, 5.74) is 3.49. The molecule has 2 heterocycles. The minimum Gasteiger partial charge on any atom is -0.326 e. The third-order valence-corrected chi connectivity index (χ3v) is 6.63. The number of nitrogens with one attached hydrogen (secondary N) is 1. The molecule has 2 aromatic heterocycles. The molecule has 0 radical (unpaired) electrons. The van der Waals surface area contributed by atoms with Crippen molar-refractivity contribution in [2.24, 2.45) is 18.9 Å². The Morgan fingerprint density at radius 2 is 2.07 bits per heavy atom. The van der Waals surface area contributed by atoms with Crippen LogP contribution in [-0.4, -0.2) is 25.7 Å². The van der Waals surface area contributed by atoms with E-state index in [9.17, 15) is 9.18 Å². The number of rotatable bonds is 4. The number of anilines is 1. The van der Waals surface area contributed by atoms with Crippen LogP contribution in [0.4, 0.5) is 10.1 Å². The fourth-order valence-corrected chi connectivity index (χ4v) is 5.30. The Morgan fingerprint density at radius 1 is 1.28 bits per heavy atom. The van der Waals surface area contributed by atoms with Gasteiger partial charge in [0, 0.05) is 35.6 Å². The van der Waals surface area contributed by atoms with Gasteiger partial charge in [-0.2, -0.15) is 5.10 Å². The molecule has 1 amide bonds. The number of amides is 1. The second-order valence-electron chi connectivity index (χ2n) is 8.22. The van der Waals surface area contributed by atoms with E-state index in [1.807, 2.05) is 42.9 Å². The smallest absolute Gasteiger partial charge is 0.228 e. The summed E-state index contributed by atoms with van der Waals surface area (Å²) in [6.45, 7) is 1.94. The van der Waals surface area contributed by atoms with Crippen LogP contribution in [0.15, 0.2) is 42.9 Å². The van der Waals surface area contributed by atoms with E-state index < -0.39 is 5.82 Å². The van der Waals surface area contributed by atoms with Gasteiger partial charge >= 0.3 is 0 Å². The largest absolute Gasteiger partial charge is 0.326 e. The van der Waals surface area contributed by atoms with Gasteiger partial charge in [0.25, 0.3) is 0 Å². The molecule has 0 aliphatic heterocycles. The van der Waals surface area contributed by atoms with Gasteiger partial charge in [-0.1, -0.05) is 6.07 Å². The van der Waals surface area contributed by atoms with Crippen LogP contribution in [0.1, 0.15) is 30.5 Å². The highest BCUT2D eigenvalue weighted by Gasteiger charge is 2.63. The van der Waals surface area contributed by atoms with Crippen molar-refractivity contribution in [3.63, 3.8) is 0 Å². The van der Waals surface area contributed by atoms with Crippen molar-refractivity contribution < 1.29 is 9.18 Å². The summed E-state index contributed by atoms with van der Waals surface area (Å²) in [6.07, 6.45) is 7.25. The number of halogens is 1. The fraction of sp³-hybridized carbons (Fsp3) is 0.364. The Hall–Kier alpha value is -3.09. The molecule has 0 saturated heterocycles. The van der Waals surface area contributed by atoms with Gasteiger partial charge in [0.05, 0.1) is 18.3 Å². The van der Waals surface area contributed by atoms with Gasteiger partial charge in [-0.05, 0) is 55.9 Å².